The van der Waals surface area contributed by atoms with Crippen LogP contribution in [0.4, 0.5) is 0 Å². The van der Waals surface area contributed by atoms with Gasteiger partial charge in [0.2, 0.25) is 0 Å². The monoisotopic (exact) mass is 196 g/mol. The van der Waals surface area contributed by atoms with Crippen molar-refractivity contribution in [3.05, 3.63) is 12.2 Å². The summed E-state index contributed by atoms with van der Waals surface area (Å²) in [4.78, 5) is 0. The molecule has 1 saturated carbocycles. The second kappa shape index (κ2) is 4.48. The first-order chi connectivity index (χ1) is 6.57. The van der Waals surface area contributed by atoms with Gasteiger partial charge >= 0.3 is 0 Å². The van der Waals surface area contributed by atoms with E-state index in [4.69, 9.17) is 4.74 Å². The Morgan fingerprint density at radius 2 is 1.79 bits per heavy atom. The van der Waals surface area contributed by atoms with E-state index in [2.05, 4.69) is 39.8 Å². The van der Waals surface area contributed by atoms with E-state index in [0.29, 0.717) is 17.8 Å². The van der Waals surface area contributed by atoms with Gasteiger partial charge in [-0.3, -0.25) is 0 Å². The number of methoxy groups -OCH3 is 1. The molecule has 3 atom stereocenters. The second-order valence-corrected chi connectivity index (χ2v) is 4.80. The van der Waals surface area contributed by atoms with Crippen LogP contribution in [0, 0.1) is 17.8 Å². The van der Waals surface area contributed by atoms with E-state index in [0.717, 1.165) is 0 Å². The summed E-state index contributed by atoms with van der Waals surface area (Å²) >= 11 is 0. The van der Waals surface area contributed by atoms with Crippen LogP contribution in [-0.2, 0) is 4.74 Å². The summed E-state index contributed by atoms with van der Waals surface area (Å²) in [6, 6.07) is 0. The molecule has 0 amide bonds. The van der Waals surface area contributed by atoms with Crippen molar-refractivity contribution in [2.24, 2.45) is 17.8 Å². The maximum Gasteiger partial charge on any atom is 0.0709 e. The van der Waals surface area contributed by atoms with Crippen LogP contribution >= 0.6 is 0 Å². The van der Waals surface area contributed by atoms with E-state index in [9.17, 15) is 0 Å². The lowest BCUT2D eigenvalue weighted by Crippen LogP contribution is -2.30. The van der Waals surface area contributed by atoms with E-state index in [1.165, 1.54) is 12.8 Å². The quantitative estimate of drug-likeness (QED) is 0.610. The van der Waals surface area contributed by atoms with Crippen molar-refractivity contribution in [3.63, 3.8) is 0 Å². The third-order valence-electron chi connectivity index (χ3n) is 4.09. The zero-order valence-electron chi connectivity index (χ0n) is 10.2. The van der Waals surface area contributed by atoms with Crippen molar-refractivity contribution in [1.29, 1.82) is 0 Å². The number of rotatable bonds is 5. The number of allylic oxidation sites excluding steroid dienone is 2. The van der Waals surface area contributed by atoms with Crippen LogP contribution in [0.25, 0.3) is 0 Å². The first-order valence-corrected chi connectivity index (χ1v) is 5.75. The predicted octanol–water partition coefficient (Wildman–Crippen LogP) is 3.65. The van der Waals surface area contributed by atoms with Gasteiger partial charge in [-0.15, -0.1) is 0 Å². The van der Waals surface area contributed by atoms with Crippen molar-refractivity contribution in [2.75, 3.05) is 7.11 Å². The Morgan fingerprint density at radius 3 is 2.14 bits per heavy atom. The van der Waals surface area contributed by atoms with E-state index in [1.807, 2.05) is 7.11 Å². The molecule has 1 heteroatoms. The molecule has 14 heavy (non-hydrogen) atoms. The predicted molar refractivity (Wildman–Crippen MR) is 61.3 cm³/mol. The van der Waals surface area contributed by atoms with Crippen molar-refractivity contribution in [3.8, 4) is 0 Å². The first-order valence-electron chi connectivity index (χ1n) is 5.75. The maximum absolute atomic E-state index is 5.64. The van der Waals surface area contributed by atoms with Crippen molar-refractivity contribution < 1.29 is 4.74 Å². The zero-order valence-corrected chi connectivity index (χ0v) is 10.2. The molecule has 0 aromatic heterocycles. The van der Waals surface area contributed by atoms with Gasteiger partial charge in [0.05, 0.1) is 5.60 Å². The molecule has 82 valence electrons. The fourth-order valence-corrected chi connectivity index (χ4v) is 2.38. The first kappa shape index (κ1) is 11.8. The van der Waals surface area contributed by atoms with Crippen molar-refractivity contribution in [1.82, 2.24) is 0 Å². The Kier molecular flexibility index (Phi) is 3.77. The summed E-state index contributed by atoms with van der Waals surface area (Å²) in [6.45, 7) is 9.07. The average molecular weight is 196 g/mol. The van der Waals surface area contributed by atoms with Crippen LogP contribution in [-0.4, -0.2) is 12.7 Å². The largest absolute Gasteiger partial charge is 0.378 e. The van der Waals surface area contributed by atoms with Gasteiger partial charge < -0.3 is 4.74 Å². The fourth-order valence-electron chi connectivity index (χ4n) is 2.38. The lowest BCUT2D eigenvalue weighted by atomic mass is 9.80. The van der Waals surface area contributed by atoms with Crippen LogP contribution in [0.3, 0.4) is 0 Å². The van der Waals surface area contributed by atoms with Gasteiger partial charge in [-0.25, -0.2) is 0 Å². The highest BCUT2D eigenvalue weighted by atomic mass is 16.5. The third-order valence-corrected chi connectivity index (χ3v) is 4.09. The standard InChI is InChI=1S/C13H24O/c1-6-7-10(2)11(3)12(4)13(14-5)8-9-13/h6-7,10-12H,8-9H2,1-5H3/b7-6-. The SMILES string of the molecule is C/C=C\C(C)C(C)C(C)C1(OC)CC1. The molecule has 0 spiro atoms. The number of ether oxygens (including phenoxy) is 1. The van der Waals surface area contributed by atoms with E-state index < -0.39 is 0 Å². The molecule has 0 N–H and O–H groups in total. The lowest BCUT2D eigenvalue weighted by Gasteiger charge is -2.30. The Hall–Kier alpha value is -0.300. The van der Waals surface area contributed by atoms with Gasteiger partial charge in [-0.05, 0) is 37.5 Å². The van der Waals surface area contributed by atoms with Crippen molar-refractivity contribution >= 4 is 0 Å². The second-order valence-electron chi connectivity index (χ2n) is 4.80. The smallest absolute Gasteiger partial charge is 0.0709 e. The zero-order chi connectivity index (χ0) is 10.8. The number of hydrogen-bond donors (Lipinski definition) is 0. The summed E-state index contributed by atoms with van der Waals surface area (Å²) in [7, 11) is 1.86. The molecule has 1 aliphatic carbocycles. The van der Waals surface area contributed by atoms with E-state index in [-0.39, 0.29) is 5.60 Å². The minimum atomic E-state index is 0.218. The van der Waals surface area contributed by atoms with Gasteiger partial charge in [0.15, 0.2) is 0 Å². The Labute approximate surface area is 88.5 Å². The lowest BCUT2D eigenvalue weighted by molar-refractivity contribution is 0.00833. The number of hydrogen-bond acceptors (Lipinski definition) is 1. The molecule has 0 heterocycles. The molecule has 0 aromatic rings. The summed E-state index contributed by atoms with van der Waals surface area (Å²) in [5, 5.41) is 0. The van der Waals surface area contributed by atoms with Gasteiger partial charge in [-0.1, -0.05) is 32.9 Å². The highest BCUT2D eigenvalue weighted by Gasteiger charge is 2.49. The Morgan fingerprint density at radius 1 is 1.21 bits per heavy atom. The minimum Gasteiger partial charge on any atom is -0.378 e. The molecule has 0 saturated heterocycles. The molecule has 0 bridgehead atoms. The molecule has 1 fully saturated rings. The molecule has 3 unspecified atom stereocenters. The molecular weight excluding hydrogens is 172 g/mol. The summed E-state index contributed by atoms with van der Waals surface area (Å²) in [5.41, 5.74) is 0.218. The Balaban J connectivity index is 2.55. The minimum absolute atomic E-state index is 0.218. The summed E-state index contributed by atoms with van der Waals surface area (Å²) in [5.74, 6) is 2.02. The van der Waals surface area contributed by atoms with E-state index >= 15 is 0 Å². The summed E-state index contributed by atoms with van der Waals surface area (Å²) in [6.07, 6.45) is 6.95. The van der Waals surface area contributed by atoms with Gasteiger partial charge in [-0.2, -0.15) is 0 Å². The maximum atomic E-state index is 5.64. The van der Waals surface area contributed by atoms with Gasteiger partial charge in [0, 0.05) is 7.11 Å². The topological polar surface area (TPSA) is 9.23 Å². The van der Waals surface area contributed by atoms with Crippen LogP contribution in [0.2, 0.25) is 0 Å². The molecule has 0 radical (unpaired) electrons. The van der Waals surface area contributed by atoms with Gasteiger partial charge in [0.25, 0.3) is 0 Å². The highest BCUT2D eigenvalue weighted by Crippen LogP contribution is 2.49. The molecule has 1 nitrogen and oxygen atoms in total. The van der Waals surface area contributed by atoms with Crippen LogP contribution < -0.4 is 0 Å². The molecule has 1 rings (SSSR count). The van der Waals surface area contributed by atoms with E-state index in [1.54, 1.807) is 0 Å². The fraction of sp³-hybridized carbons (Fsp3) is 0.846. The van der Waals surface area contributed by atoms with Crippen molar-refractivity contribution in [2.45, 2.75) is 46.1 Å². The van der Waals surface area contributed by atoms with Gasteiger partial charge in [0.1, 0.15) is 0 Å². The molecule has 0 aliphatic heterocycles. The highest BCUT2D eigenvalue weighted by molar-refractivity contribution is 5.03. The van der Waals surface area contributed by atoms with Crippen LogP contribution in [0.1, 0.15) is 40.5 Å². The molecule has 0 aromatic carbocycles. The Bertz CT molecular complexity index is 203. The third kappa shape index (κ3) is 2.20. The van der Waals surface area contributed by atoms with Crippen LogP contribution in [0.15, 0.2) is 12.2 Å². The summed E-state index contributed by atoms with van der Waals surface area (Å²) < 4.78 is 5.64. The normalized spacial score (nSPS) is 26.1. The van der Waals surface area contributed by atoms with Crippen LogP contribution in [0.5, 0.6) is 0 Å². The molecular formula is C13H24O. The average Bonchev–Trinajstić information content (AvgIpc) is 2.96. The molecule has 1 aliphatic rings.